The lowest BCUT2D eigenvalue weighted by molar-refractivity contribution is -0.143. The number of carbonyl (C=O) groups is 1. The Morgan fingerprint density at radius 3 is 2.92 bits per heavy atom. The van der Waals surface area contributed by atoms with Crippen molar-refractivity contribution in [2.45, 2.75) is 38.6 Å². The molecule has 0 fully saturated rings. The summed E-state index contributed by atoms with van der Waals surface area (Å²) < 4.78 is 7.74. The topological polar surface area (TPSA) is 63.5 Å². The van der Waals surface area contributed by atoms with E-state index in [4.69, 9.17) is 4.74 Å². The molecule has 7 nitrogen and oxygen atoms in total. The van der Waals surface area contributed by atoms with Gasteiger partial charge >= 0.3 is 0 Å². The van der Waals surface area contributed by atoms with E-state index in [1.165, 1.54) is 0 Å². The van der Waals surface area contributed by atoms with E-state index in [9.17, 15) is 4.79 Å². The Bertz CT molecular complexity index is 669. The summed E-state index contributed by atoms with van der Waals surface area (Å²) in [6.45, 7) is 5.47. The van der Waals surface area contributed by atoms with Crippen LogP contribution in [-0.2, 0) is 23.1 Å². The van der Waals surface area contributed by atoms with Gasteiger partial charge in [0.15, 0.2) is 0 Å². The summed E-state index contributed by atoms with van der Waals surface area (Å²) in [4.78, 5) is 17.3. The van der Waals surface area contributed by atoms with Crippen LogP contribution in [0.3, 0.4) is 0 Å². The van der Waals surface area contributed by atoms with E-state index in [-0.39, 0.29) is 17.2 Å². The first-order chi connectivity index (χ1) is 12.4. The average Bonchev–Trinajstić information content (AvgIpc) is 2.99. The molecule has 1 aliphatic heterocycles. The fourth-order valence-corrected chi connectivity index (χ4v) is 3.92. The molecule has 0 bridgehead atoms. The molecule has 0 saturated heterocycles. The van der Waals surface area contributed by atoms with Gasteiger partial charge in [-0.25, -0.2) is 0 Å². The van der Waals surface area contributed by atoms with Crippen molar-refractivity contribution in [2.24, 2.45) is 12.5 Å². The quantitative estimate of drug-likeness (QED) is 0.568. The van der Waals surface area contributed by atoms with E-state index in [2.05, 4.69) is 34.3 Å². The van der Waals surface area contributed by atoms with Crippen molar-refractivity contribution in [3.63, 3.8) is 0 Å². The molecule has 2 atom stereocenters. The van der Waals surface area contributed by atoms with Gasteiger partial charge in [-0.1, -0.05) is 24.3 Å². The Hall–Kier alpha value is -1.73. The highest BCUT2D eigenvalue weighted by Gasteiger charge is 2.40. The number of amides is 1. The number of allylic oxidation sites excluding steroid dienone is 2. The summed E-state index contributed by atoms with van der Waals surface area (Å²) in [6, 6.07) is 0. The van der Waals surface area contributed by atoms with E-state index in [1.807, 2.05) is 30.7 Å². The average molecular weight is 361 g/mol. The zero-order chi connectivity index (χ0) is 18.7. The molecule has 7 heteroatoms. The summed E-state index contributed by atoms with van der Waals surface area (Å²) in [6.07, 6.45) is 7.02. The predicted molar refractivity (Wildman–Crippen MR) is 99.6 cm³/mol. The van der Waals surface area contributed by atoms with Crippen molar-refractivity contribution in [3.05, 3.63) is 23.5 Å². The summed E-state index contributed by atoms with van der Waals surface area (Å²) in [5.41, 5.74) is 1.71. The molecule has 1 aromatic rings. The van der Waals surface area contributed by atoms with Crippen LogP contribution in [0.2, 0.25) is 0 Å². The molecule has 0 saturated carbocycles. The third-order valence-corrected chi connectivity index (χ3v) is 5.52. The highest BCUT2D eigenvalue weighted by atomic mass is 16.5. The van der Waals surface area contributed by atoms with Gasteiger partial charge in [0.1, 0.15) is 5.69 Å². The van der Waals surface area contributed by atoms with E-state index >= 15 is 0 Å². The molecule has 26 heavy (non-hydrogen) atoms. The van der Waals surface area contributed by atoms with Crippen LogP contribution in [0.15, 0.2) is 12.2 Å². The second kappa shape index (κ2) is 7.88. The Labute approximate surface area is 156 Å². The zero-order valence-corrected chi connectivity index (χ0v) is 16.4. The molecule has 1 aliphatic carbocycles. The van der Waals surface area contributed by atoms with Crippen LogP contribution in [-0.4, -0.2) is 71.1 Å². The molecule has 1 aromatic heterocycles. The highest BCUT2D eigenvalue weighted by molar-refractivity contribution is 5.83. The molecule has 3 rings (SSSR count). The standard InChI is InChI=1S/C19H31N5O2/c1-19(8-6-5-7-9-19)18(25)24-12-15(14-26-11-10-22(2)3)17-16(13-24)20-21-23(17)4/h5-6,15H,7-14H2,1-4H3. The second-order valence-electron chi connectivity index (χ2n) is 8.08. The van der Waals surface area contributed by atoms with Crippen molar-refractivity contribution in [2.75, 3.05) is 40.4 Å². The Morgan fingerprint density at radius 1 is 1.42 bits per heavy atom. The first kappa shape index (κ1) is 19.0. The highest BCUT2D eigenvalue weighted by Crippen LogP contribution is 2.37. The molecule has 144 valence electrons. The second-order valence-corrected chi connectivity index (χ2v) is 8.08. The maximum Gasteiger partial charge on any atom is 0.229 e. The monoisotopic (exact) mass is 361 g/mol. The summed E-state index contributed by atoms with van der Waals surface area (Å²) in [5.74, 6) is 0.351. The number of hydrogen-bond donors (Lipinski definition) is 0. The van der Waals surface area contributed by atoms with Gasteiger partial charge in [-0.05, 0) is 33.4 Å². The number of likely N-dealkylation sites (N-methyl/N-ethyl adjacent to an activating group) is 1. The number of carbonyl (C=O) groups excluding carboxylic acids is 1. The normalized spacial score (nSPS) is 25.6. The zero-order valence-electron chi connectivity index (χ0n) is 16.4. The molecule has 2 heterocycles. The first-order valence-corrected chi connectivity index (χ1v) is 9.46. The van der Waals surface area contributed by atoms with Crippen molar-refractivity contribution in [1.82, 2.24) is 24.8 Å². The van der Waals surface area contributed by atoms with Crippen molar-refractivity contribution in [3.8, 4) is 0 Å². The van der Waals surface area contributed by atoms with E-state index in [1.54, 1.807) is 0 Å². The van der Waals surface area contributed by atoms with E-state index in [0.29, 0.717) is 26.3 Å². The minimum atomic E-state index is -0.301. The van der Waals surface area contributed by atoms with Crippen LogP contribution in [0.4, 0.5) is 0 Å². The van der Waals surface area contributed by atoms with Crippen molar-refractivity contribution in [1.29, 1.82) is 0 Å². The Kier molecular flexibility index (Phi) is 5.77. The number of hydrogen-bond acceptors (Lipinski definition) is 5. The minimum Gasteiger partial charge on any atom is -0.379 e. The number of ether oxygens (including phenoxy) is 1. The van der Waals surface area contributed by atoms with Gasteiger partial charge in [0, 0.05) is 26.1 Å². The molecule has 1 amide bonds. The SMILES string of the molecule is CN(C)CCOCC1CN(C(=O)C2(C)CC=CCC2)Cc2nnn(C)c21. The maximum absolute atomic E-state index is 13.2. The number of rotatable bonds is 6. The Morgan fingerprint density at radius 2 is 2.23 bits per heavy atom. The smallest absolute Gasteiger partial charge is 0.229 e. The third-order valence-electron chi connectivity index (χ3n) is 5.52. The summed E-state index contributed by atoms with van der Waals surface area (Å²) in [5, 5.41) is 8.49. The molecule has 2 unspecified atom stereocenters. The third kappa shape index (κ3) is 3.99. The van der Waals surface area contributed by atoms with E-state index in [0.717, 1.165) is 37.2 Å². The molecule has 2 aliphatic rings. The molecule has 0 aromatic carbocycles. The van der Waals surface area contributed by atoms with Crippen LogP contribution in [0.5, 0.6) is 0 Å². The van der Waals surface area contributed by atoms with Gasteiger partial charge in [0.2, 0.25) is 5.91 Å². The first-order valence-electron chi connectivity index (χ1n) is 9.46. The minimum absolute atomic E-state index is 0.118. The predicted octanol–water partition coefficient (Wildman–Crippen LogP) is 1.57. The largest absolute Gasteiger partial charge is 0.379 e. The van der Waals surface area contributed by atoms with E-state index < -0.39 is 0 Å². The van der Waals surface area contributed by atoms with Crippen LogP contribution >= 0.6 is 0 Å². The van der Waals surface area contributed by atoms with Crippen LogP contribution in [0.1, 0.15) is 43.5 Å². The molecule has 0 N–H and O–H groups in total. The molecular weight excluding hydrogens is 330 g/mol. The van der Waals surface area contributed by atoms with Crippen LogP contribution in [0.25, 0.3) is 0 Å². The van der Waals surface area contributed by atoms with Gasteiger partial charge in [-0.15, -0.1) is 5.10 Å². The number of aromatic nitrogens is 3. The van der Waals surface area contributed by atoms with Gasteiger partial charge in [0.05, 0.1) is 30.9 Å². The maximum atomic E-state index is 13.2. The van der Waals surface area contributed by atoms with Crippen LogP contribution < -0.4 is 0 Å². The summed E-state index contributed by atoms with van der Waals surface area (Å²) in [7, 11) is 5.99. The van der Waals surface area contributed by atoms with Crippen molar-refractivity contribution < 1.29 is 9.53 Å². The number of fused-ring (bicyclic) bond motifs is 1. The lowest BCUT2D eigenvalue weighted by Gasteiger charge is -2.39. The molecule has 0 radical (unpaired) electrons. The van der Waals surface area contributed by atoms with Crippen molar-refractivity contribution >= 4 is 5.91 Å². The fraction of sp³-hybridized carbons (Fsp3) is 0.737. The molecular formula is C19H31N5O2. The lowest BCUT2D eigenvalue weighted by atomic mass is 9.77. The van der Waals surface area contributed by atoms with Gasteiger partial charge in [-0.3, -0.25) is 9.48 Å². The number of nitrogens with zero attached hydrogens (tertiary/aromatic N) is 5. The molecule has 0 spiro atoms. The fourth-order valence-electron chi connectivity index (χ4n) is 3.92. The van der Waals surface area contributed by atoms with Crippen LogP contribution in [0, 0.1) is 5.41 Å². The van der Waals surface area contributed by atoms with Gasteiger partial charge in [-0.2, -0.15) is 0 Å². The Balaban J connectivity index is 1.72. The van der Waals surface area contributed by atoms with Gasteiger partial charge < -0.3 is 14.5 Å². The lowest BCUT2D eigenvalue weighted by Crippen LogP contribution is -2.47. The summed E-state index contributed by atoms with van der Waals surface area (Å²) >= 11 is 0. The number of aryl methyl sites for hydroxylation is 1. The van der Waals surface area contributed by atoms with Gasteiger partial charge in [0.25, 0.3) is 0 Å².